The Bertz CT molecular complexity index is 349. The summed E-state index contributed by atoms with van der Waals surface area (Å²) in [4.78, 5) is 0. The van der Waals surface area contributed by atoms with Crippen molar-refractivity contribution in [2.24, 2.45) is 5.73 Å². The molecule has 0 aliphatic carbocycles. The van der Waals surface area contributed by atoms with Crippen LogP contribution in [0.5, 0.6) is 0 Å². The van der Waals surface area contributed by atoms with E-state index in [9.17, 15) is 0 Å². The minimum atomic E-state index is 0.222. The molecule has 1 nitrogen and oxygen atoms in total. The second-order valence-electron chi connectivity index (χ2n) is 5.91. The van der Waals surface area contributed by atoms with Crippen molar-refractivity contribution >= 4 is 0 Å². The third-order valence-electron chi connectivity index (χ3n) is 3.31. The highest BCUT2D eigenvalue weighted by atomic mass is 14.5. The number of hydrogen-bond acceptors (Lipinski definition) is 1. The Balaban J connectivity index is 3.28. The summed E-state index contributed by atoms with van der Waals surface area (Å²) < 4.78 is 0. The summed E-state index contributed by atoms with van der Waals surface area (Å²) in [6.45, 7) is 14.1. The summed E-state index contributed by atoms with van der Waals surface area (Å²) in [5.41, 5.74) is 11.6. The Labute approximate surface area is 100 Å². The van der Waals surface area contributed by atoms with Crippen molar-refractivity contribution in [1.82, 2.24) is 0 Å². The quantitative estimate of drug-likeness (QED) is 0.807. The van der Waals surface area contributed by atoms with Crippen LogP contribution in [-0.2, 0) is 5.41 Å². The van der Waals surface area contributed by atoms with Gasteiger partial charge in [0.1, 0.15) is 0 Å². The maximum absolute atomic E-state index is 5.77. The van der Waals surface area contributed by atoms with Gasteiger partial charge in [0.05, 0.1) is 0 Å². The van der Waals surface area contributed by atoms with Gasteiger partial charge in [-0.2, -0.15) is 0 Å². The molecule has 0 saturated heterocycles. The molecule has 2 N–H and O–H groups in total. The summed E-state index contributed by atoms with van der Waals surface area (Å²) in [5, 5.41) is 0. The SMILES string of the molecule is Cc1cc(C(C)(C)C)cc(C)c1C(C)CN. The largest absolute Gasteiger partial charge is 0.330 e. The fourth-order valence-corrected chi connectivity index (χ4v) is 2.30. The molecule has 0 aromatic heterocycles. The molecule has 1 heteroatoms. The predicted octanol–water partition coefficient (Wildman–Crippen LogP) is 3.66. The molecule has 0 amide bonds. The third-order valence-corrected chi connectivity index (χ3v) is 3.31. The lowest BCUT2D eigenvalue weighted by Gasteiger charge is -2.24. The molecule has 0 spiro atoms. The van der Waals surface area contributed by atoms with E-state index < -0.39 is 0 Å². The minimum absolute atomic E-state index is 0.222. The number of hydrogen-bond donors (Lipinski definition) is 1. The average Bonchev–Trinajstić information content (AvgIpc) is 2.14. The first-order chi connectivity index (χ1) is 7.27. The molecule has 0 aliphatic rings. The van der Waals surface area contributed by atoms with Gasteiger partial charge in [0.15, 0.2) is 0 Å². The van der Waals surface area contributed by atoms with E-state index >= 15 is 0 Å². The van der Waals surface area contributed by atoms with E-state index in [1.165, 1.54) is 22.3 Å². The van der Waals surface area contributed by atoms with Crippen LogP contribution in [0.25, 0.3) is 0 Å². The van der Waals surface area contributed by atoms with Crippen LogP contribution >= 0.6 is 0 Å². The van der Waals surface area contributed by atoms with Crippen LogP contribution in [0.4, 0.5) is 0 Å². The fraction of sp³-hybridized carbons (Fsp3) is 0.600. The molecule has 1 rings (SSSR count). The Morgan fingerprint density at radius 2 is 1.56 bits per heavy atom. The summed E-state index contributed by atoms with van der Waals surface area (Å²) in [7, 11) is 0. The van der Waals surface area contributed by atoms with Crippen molar-refractivity contribution < 1.29 is 0 Å². The Morgan fingerprint density at radius 1 is 1.12 bits per heavy atom. The van der Waals surface area contributed by atoms with Crippen molar-refractivity contribution in [2.75, 3.05) is 6.54 Å². The van der Waals surface area contributed by atoms with E-state index in [1.807, 2.05) is 0 Å². The zero-order valence-corrected chi connectivity index (χ0v) is 11.5. The molecular formula is C15H25N. The monoisotopic (exact) mass is 219 g/mol. The lowest BCUT2D eigenvalue weighted by Crippen LogP contribution is -2.15. The summed E-state index contributed by atoms with van der Waals surface area (Å²) in [5.74, 6) is 0.453. The fourth-order valence-electron chi connectivity index (χ4n) is 2.30. The first-order valence-corrected chi connectivity index (χ1v) is 6.09. The second kappa shape index (κ2) is 4.58. The molecule has 90 valence electrons. The van der Waals surface area contributed by atoms with Gasteiger partial charge in [0, 0.05) is 0 Å². The molecule has 0 saturated carbocycles. The molecule has 1 aromatic rings. The first kappa shape index (κ1) is 13.2. The van der Waals surface area contributed by atoms with Crippen LogP contribution < -0.4 is 5.73 Å². The summed E-state index contributed by atoms with van der Waals surface area (Å²) >= 11 is 0. The van der Waals surface area contributed by atoms with E-state index in [4.69, 9.17) is 5.73 Å². The Morgan fingerprint density at radius 3 is 1.88 bits per heavy atom. The van der Waals surface area contributed by atoms with Gasteiger partial charge in [-0.25, -0.2) is 0 Å². The highest BCUT2D eigenvalue weighted by molar-refractivity contribution is 5.42. The summed E-state index contributed by atoms with van der Waals surface area (Å²) in [6.07, 6.45) is 0. The molecule has 1 aromatic carbocycles. The van der Waals surface area contributed by atoms with Crippen molar-refractivity contribution in [2.45, 2.75) is 52.9 Å². The zero-order chi connectivity index (χ0) is 12.5. The van der Waals surface area contributed by atoms with Crippen molar-refractivity contribution in [3.8, 4) is 0 Å². The number of rotatable bonds is 2. The average molecular weight is 219 g/mol. The van der Waals surface area contributed by atoms with Crippen molar-refractivity contribution in [3.63, 3.8) is 0 Å². The van der Waals surface area contributed by atoms with Gasteiger partial charge in [-0.3, -0.25) is 0 Å². The van der Waals surface area contributed by atoms with E-state index in [0.29, 0.717) is 5.92 Å². The van der Waals surface area contributed by atoms with Gasteiger partial charge >= 0.3 is 0 Å². The number of aryl methyl sites for hydroxylation is 2. The molecule has 1 atom stereocenters. The summed E-state index contributed by atoms with van der Waals surface area (Å²) in [6, 6.07) is 4.63. The Kier molecular flexibility index (Phi) is 3.80. The van der Waals surface area contributed by atoms with Gasteiger partial charge in [-0.05, 0) is 54.0 Å². The maximum Gasteiger partial charge on any atom is -0.00107 e. The lowest BCUT2D eigenvalue weighted by atomic mass is 9.82. The molecule has 0 aliphatic heterocycles. The van der Waals surface area contributed by atoms with Crippen molar-refractivity contribution in [3.05, 3.63) is 34.4 Å². The first-order valence-electron chi connectivity index (χ1n) is 6.09. The van der Waals surface area contributed by atoms with E-state index in [-0.39, 0.29) is 5.41 Å². The van der Waals surface area contributed by atoms with Crippen LogP contribution in [0.3, 0.4) is 0 Å². The predicted molar refractivity (Wildman–Crippen MR) is 72.1 cm³/mol. The molecule has 1 unspecified atom stereocenters. The molecule has 0 bridgehead atoms. The molecular weight excluding hydrogens is 194 g/mol. The van der Waals surface area contributed by atoms with E-state index in [0.717, 1.165) is 6.54 Å². The van der Waals surface area contributed by atoms with Crippen LogP contribution in [0, 0.1) is 13.8 Å². The van der Waals surface area contributed by atoms with Gasteiger partial charge in [-0.1, -0.05) is 39.8 Å². The number of nitrogens with two attached hydrogens (primary N) is 1. The van der Waals surface area contributed by atoms with Crippen LogP contribution in [0.1, 0.15) is 55.9 Å². The van der Waals surface area contributed by atoms with Crippen LogP contribution in [-0.4, -0.2) is 6.54 Å². The maximum atomic E-state index is 5.77. The molecule has 16 heavy (non-hydrogen) atoms. The van der Waals surface area contributed by atoms with E-state index in [2.05, 4.69) is 53.7 Å². The zero-order valence-electron chi connectivity index (χ0n) is 11.5. The normalized spacial score (nSPS) is 13.9. The van der Waals surface area contributed by atoms with Gasteiger partial charge in [0.2, 0.25) is 0 Å². The number of benzene rings is 1. The smallest absolute Gasteiger partial charge is 0.00107 e. The van der Waals surface area contributed by atoms with Gasteiger partial charge < -0.3 is 5.73 Å². The molecule has 0 fully saturated rings. The van der Waals surface area contributed by atoms with Crippen LogP contribution in [0.2, 0.25) is 0 Å². The molecule has 0 radical (unpaired) electrons. The lowest BCUT2D eigenvalue weighted by molar-refractivity contribution is 0.588. The topological polar surface area (TPSA) is 26.0 Å². The highest BCUT2D eigenvalue weighted by Crippen LogP contribution is 2.30. The third kappa shape index (κ3) is 2.65. The van der Waals surface area contributed by atoms with Crippen molar-refractivity contribution in [1.29, 1.82) is 0 Å². The highest BCUT2D eigenvalue weighted by Gasteiger charge is 2.17. The van der Waals surface area contributed by atoms with Gasteiger partial charge in [0.25, 0.3) is 0 Å². The van der Waals surface area contributed by atoms with E-state index in [1.54, 1.807) is 0 Å². The second-order valence-corrected chi connectivity index (χ2v) is 5.91. The standard InChI is InChI=1S/C15H25N/c1-10-7-13(15(4,5)6)8-11(2)14(10)12(3)9-16/h7-8,12H,9,16H2,1-6H3. The Hall–Kier alpha value is -0.820. The van der Waals surface area contributed by atoms with Gasteiger partial charge in [-0.15, -0.1) is 0 Å². The molecule has 0 heterocycles. The minimum Gasteiger partial charge on any atom is -0.330 e. The van der Waals surface area contributed by atoms with Crippen LogP contribution in [0.15, 0.2) is 12.1 Å².